The van der Waals surface area contributed by atoms with Crippen LogP contribution in [0.5, 0.6) is 0 Å². The molecule has 0 fully saturated rings. The second-order valence-electron chi connectivity index (χ2n) is 5.07. The number of benzene rings is 2. The maximum atomic E-state index is 14.5. The van der Waals surface area contributed by atoms with Gasteiger partial charge in [0.15, 0.2) is 0 Å². The van der Waals surface area contributed by atoms with Gasteiger partial charge < -0.3 is 0 Å². The predicted molar refractivity (Wildman–Crippen MR) is 99.5 cm³/mol. The molecule has 2 rings (SSSR count). The van der Waals surface area contributed by atoms with Crippen molar-refractivity contribution in [2.75, 3.05) is 0 Å². The molecule has 0 N–H and O–H groups in total. The maximum absolute atomic E-state index is 14.5. The Hall–Kier alpha value is -1.69. The third-order valence-electron chi connectivity index (χ3n) is 3.17. The van der Waals surface area contributed by atoms with Crippen LogP contribution in [-0.4, -0.2) is 5.97 Å². The molecule has 0 heterocycles. The van der Waals surface area contributed by atoms with E-state index < -0.39 is 26.4 Å². The average Bonchev–Trinajstić information content (AvgIpc) is 2.56. The Labute approximate surface area is 144 Å². The second kappa shape index (κ2) is 9.45. The summed E-state index contributed by atoms with van der Waals surface area (Å²) in [4.78, 5) is 11.2. The van der Waals surface area contributed by atoms with Crippen molar-refractivity contribution in [3.8, 4) is 0 Å². The predicted octanol–water partition coefficient (Wildman–Crippen LogP) is 5.67. The molecule has 0 amide bonds. The third-order valence-corrected chi connectivity index (χ3v) is 6.32. The number of rotatable bonds is 7. The van der Waals surface area contributed by atoms with Gasteiger partial charge in [0.05, 0.1) is 0 Å². The molecule has 0 aliphatic heterocycles. The number of carbonyl (C=O) groups excluding carboxylic acids is 1. The minimum atomic E-state index is -2.92. The van der Waals surface area contributed by atoms with Crippen LogP contribution in [0, 0.1) is 3.57 Å². The molecule has 122 valence electrons. The molecular weight excluding hydrogens is 406 g/mol. The number of esters is 1. The molecule has 2 nitrogen and oxygen atoms in total. The Bertz CT molecular complexity index is 641. The van der Waals surface area contributed by atoms with Gasteiger partial charge in [-0.3, -0.25) is 0 Å². The summed E-state index contributed by atoms with van der Waals surface area (Å²) in [5.74, 6) is 0.0679. The molecule has 0 saturated carbocycles. The number of allylic oxidation sites excluding steroid dienone is 1. The number of hydrogen-bond donors (Lipinski definition) is 0. The summed E-state index contributed by atoms with van der Waals surface area (Å²) < 4.78 is 21.9. The van der Waals surface area contributed by atoms with Crippen molar-refractivity contribution < 1.29 is 12.4 Å². The first-order valence-electron chi connectivity index (χ1n) is 7.48. The summed E-state index contributed by atoms with van der Waals surface area (Å²) in [7, 11) is 0. The van der Waals surface area contributed by atoms with Crippen molar-refractivity contribution in [2.24, 2.45) is 0 Å². The van der Waals surface area contributed by atoms with E-state index >= 15 is 0 Å². The van der Waals surface area contributed by atoms with Crippen LogP contribution in [0.15, 0.2) is 70.5 Å². The number of ether oxygens (including phenoxy) is 1. The van der Waals surface area contributed by atoms with Crippen LogP contribution >= 0.6 is 20.4 Å². The Morgan fingerprint density at radius 3 is 2.30 bits per heavy atom. The van der Waals surface area contributed by atoms with E-state index in [-0.39, 0.29) is 0 Å². The zero-order valence-electron chi connectivity index (χ0n) is 13.0. The molecular formula is C19H20FIO2. The van der Waals surface area contributed by atoms with Gasteiger partial charge >= 0.3 is 145 Å². The van der Waals surface area contributed by atoms with Crippen LogP contribution in [-0.2, 0) is 16.0 Å². The van der Waals surface area contributed by atoms with E-state index in [1.54, 1.807) is 16.2 Å². The van der Waals surface area contributed by atoms with Crippen molar-refractivity contribution in [3.05, 3.63) is 79.6 Å². The minimum absolute atomic E-state index is 0.395. The van der Waals surface area contributed by atoms with Crippen molar-refractivity contribution in [3.63, 3.8) is 0 Å². The summed E-state index contributed by atoms with van der Waals surface area (Å²) >= 11 is -2.92. The molecule has 2 aromatic rings. The number of hydrogen-bond acceptors (Lipinski definition) is 2. The number of carbonyl (C=O) groups is 1. The average molecular weight is 426 g/mol. The van der Waals surface area contributed by atoms with E-state index in [9.17, 15) is 7.65 Å². The zero-order chi connectivity index (χ0) is 16.5. The molecule has 0 unspecified atom stereocenters. The summed E-state index contributed by atoms with van der Waals surface area (Å²) in [6.07, 6.45) is 2.27. The van der Waals surface area contributed by atoms with E-state index in [1.807, 2.05) is 36.4 Å². The topological polar surface area (TPSA) is 26.3 Å². The van der Waals surface area contributed by atoms with E-state index in [2.05, 4.69) is 12.1 Å². The van der Waals surface area contributed by atoms with Gasteiger partial charge in [-0.15, -0.1) is 0 Å². The van der Waals surface area contributed by atoms with Crippen molar-refractivity contribution >= 4 is 26.4 Å². The Balaban J connectivity index is 1.98. The van der Waals surface area contributed by atoms with Crippen LogP contribution in [0.2, 0.25) is 0 Å². The first-order valence-corrected chi connectivity index (χ1v) is 10.6. The molecule has 0 radical (unpaired) electrons. The van der Waals surface area contributed by atoms with Crippen molar-refractivity contribution in [1.82, 2.24) is 0 Å². The van der Waals surface area contributed by atoms with Gasteiger partial charge in [-0.1, -0.05) is 0 Å². The zero-order valence-corrected chi connectivity index (χ0v) is 15.2. The van der Waals surface area contributed by atoms with Crippen LogP contribution in [0.1, 0.15) is 25.3 Å². The molecule has 0 aliphatic carbocycles. The van der Waals surface area contributed by atoms with E-state index in [1.165, 1.54) is 12.5 Å². The van der Waals surface area contributed by atoms with Gasteiger partial charge in [0, 0.05) is 0 Å². The quantitative estimate of drug-likeness (QED) is 0.324. The summed E-state index contributed by atoms with van der Waals surface area (Å²) in [5, 5.41) is 0. The molecule has 0 aliphatic rings. The van der Waals surface area contributed by atoms with Crippen molar-refractivity contribution in [2.45, 2.75) is 26.2 Å². The van der Waals surface area contributed by atoms with Crippen LogP contribution in [0.25, 0.3) is 0 Å². The summed E-state index contributed by atoms with van der Waals surface area (Å²) in [6, 6.07) is 19.2. The Morgan fingerprint density at radius 1 is 1.09 bits per heavy atom. The fraction of sp³-hybridized carbons (Fsp3) is 0.211. The Morgan fingerprint density at radius 2 is 1.70 bits per heavy atom. The standard InChI is InChI=1S/C19H20FIO2/c1-16(22)23-19(14-8-11-17-9-4-2-5-10-17)15-21(20)18-12-6-3-7-13-18/h2-7,9-10,12-13,15H,8,11,14H2,1H3/b19-15-. The van der Waals surface area contributed by atoms with Gasteiger partial charge in [0.2, 0.25) is 0 Å². The van der Waals surface area contributed by atoms with E-state index in [0.717, 1.165) is 12.8 Å². The normalized spacial score (nSPS) is 11.9. The molecule has 0 aromatic heterocycles. The molecule has 0 bridgehead atoms. The van der Waals surface area contributed by atoms with Gasteiger partial charge in [-0.2, -0.15) is 0 Å². The SMILES string of the molecule is CC(=O)O/C(=C\I(F)c1ccccc1)CCCc1ccccc1. The molecule has 0 spiro atoms. The molecule has 2 aromatic carbocycles. The molecule has 23 heavy (non-hydrogen) atoms. The van der Waals surface area contributed by atoms with E-state index in [4.69, 9.17) is 4.74 Å². The van der Waals surface area contributed by atoms with Crippen molar-refractivity contribution in [1.29, 1.82) is 0 Å². The number of aryl methyl sites for hydroxylation is 1. The second-order valence-corrected chi connectivity index (χ2v) is 8.44. The first kappa shape index (κ1) is 17.7. The van der Waals surface area contributed by atoms with Gasteiger partial charge in [0.1, 0.15) is 0 Å². The molecule has 0 saturated heterocycles. The van der Waals surface area contributed by atoms with Gasteiger partial charge in [-0.05, 0) is 0 Å². The van der Waals surface area contributed by atoms with Crippen LogP contribution in [0.4, 0.5) is 2.86 Å². The Kier molecular flexibility index (Phi) is 7.26. The fourth-order valence-electron chi connectivity index (χ4n) is 2.13. The molecule has 4 heteroatoms. The first-order chi connectivity index (χ1) is 11.1. The molecule has 0 atom stereocenters. The summed E-state index contributed by atoms with van der Waals surface area (Å²) in [6.45, 7) is 1.35. The third kappa shape index (κ3) is 6.52. The number of halogens is 2. The van der Waals surface area contributed by atoms with E-state index in [0.29, 0.717) is 15.8 Å². The monoisotopic (exact) mass is 426 g/mol. The fourth-order valence-corrected chi connectivity index (χ4v) is 4.64. The van der Waals surface area contributed by atoms with Crippen LogP contribution in [0.3, 0.4) is 0 Å². The van der Waals surface area contributed by atoms with Crippen LogP contribution < -0.4 is 0 Å². The summed E-state index contributed by atoms with van der Waals surface area (Å²) in [5.41, 5.74) is 1.23. The van der Waals surface area contributed by atoms with Gasteiger partial charge in [-0.25, -0.2) is 0 Å². The van der Waals surface area contributed by atoms with Gasteiger partial charge in [0.25, 0.3) is 0 Å².